The van der Waals surface area contributed by atoms with E-state index in [2.05, 4.69) is 15.5 Å². The van der Waals surface area contributed by atoms with Crippen LogP contribution < -0.4 is 15.8 Å². The Morgan fingerprint density at radius 3 is 2.68 bits per heavy atom. The molecule has 198 valence electrons. The quantitative estimate of drug-likeness (QED) is 0.465. The highest BCUT2D eigenvalue weighted by atomic mass is 32.1. The fourth-order valence-corrected chi connectivity index (χ4v) is 4.79. The summed E-state index contributed by atoms with van der Waals surface area (Å²) < 4.78 is 12.7. The standard InChI is InChI=1S/C25H33N7O4S/c1-14(2)35-20-8-7-16(11-18(20)26)22-28-29-23(37-22)32-15(3)17-13-31(10-9-19(17)30-32)21(33)12-27-24(34)36-25(4,5)6/h7-8,11,14H,9-10,12-13,26H2,1-6H3,(H,27,34). The van der Waals surface area contributed by atoms with Gasteiger partial charge >= 0.3 is 6.09 Å². The fraction of sp³-hybridized carbons (Fsp3) is 0.480. The van der Waals surface area contributed by atoms with Crippen LogP contribution >= 0.6 is 11.3 Å². The SMILES string of the molecule is Cc1c2c(nn1-c1nnc(-c3ccc(OC(C)C)c(N)c3)s1)CCN(C(=O)CNC(=O)OC(C)(C)C)C2. The van der Waals surface area contributed by atoms with Gasteiger partial charge in [0, 0.05) is 36.3 Å². The van der Waals surface area contributed by atoms with Gasteiger partial charge in [-0.2, -0.15) is 5.10 Å². The summed E-state index contributed by atoms with van der Waals surface area (Å²) >= 11 is 1.41. The van der Waals surface area contributed by atoms with Crippen molar-refractivity contribution in [1.29, 1.82) is 0 Å². The topological polar surface area (TPSA) is 137 Å². The highest BCUT2D eigenvalue weighted by Gasteiger charge is 2.27. The second kappa shape index (κ2) is 10.4. The second-order valence-electron chi connectivity index (χ2n) is 10.2. The van der Waals surface area contributed by atoms with E-state index in [1.54, 1.807) is 30.4 Å². The molecule has 1 aliphatic rings. The van der Waals surface area contributed by atoms with Crippen molar-refractivity contribution in [1.82, 2.24) is 30.2 Å². The number of benzene rings is 1. The molecule has 3 heterocycles. The van der Waals surface area contributed by atoms with Gasteiger partial charge in [0.1, 0.15) is 22.9 Å². The van der Waals surface area contributed by atoms with Gasteiger partial charge in [0.2, 0.25) is 11.0 Å². The minimum absolute atomic E-state index is 0.0302. The summed E-state index contributed by atoms with van der Waals surface area (Å²) in [7, 11) is 0. The first-order valence-electron chi connectivity index (χ1n) is 12.1. The summed E-state index contributed by atoms with van der Waals surface area (Å²) in [4.78, 5) is 26.3. The second-order valence-corrected chi connectivity index (χ2v) is 11.1. The van der Waals surface area contributed by atoms with Gasteiger partial charge in [0.05, 0.1) is 17.5 Å². The first-order valence-corrected chi connectivity index (χ1v) is 13.0. The van der Waals surface area contributed by atoms with Crippen LogP contribution in [0.2, 0.25) is 0 Å². The number of alkyl carbamates (subject to hydrolysis) is 1. The molecule has 12 heteroatoms. The number of ether oxygens (including phenoxy) is 2. The monoisotopic (exact) mass is 527 g/mol. The number of nitrogen functional groups attached to an aromatic ring is 1. The number of nitrogens with one attached hydrogen (secondary N) is 1. The summed E-state index contributed by atoms with van der Waals surface area (Å²) in [6, 6.07) is 5.58. The van der Waals surface area contributed by atoms with Crippen LogP contribution in [0, 0.1) is 6.92 Å². The Bertz CT molecular complexity index is 1310. The molecule has 0 unspecified atom stereocenters. The molecular weight excluding hydrogens is 494 g/mol. The number of amides is 2. The molecule has 0 saturated heterocycles. The van der Waals surface area contributed by atoms with Crippen LogP contribution in [-0.2, 0) is 22.5 Å². The van der Waals surface area contributed by atoms with Crippen molar-refractivity contribution in [3.63, 3.8) is 0 Å². The van der Waals surface area contributed by atoms with Crippen molar-refractivity contribution >= 4 is 29.0 Å². The highest BCUT2D eigenvalue weighted by Crippen LogP contribution is 2.33. The first kappa shape index (κ1) is 26.4. The van der Waals surface area contributed by atoms with E-state index in [-0.39, 0.29) is 18.6 Å². The Morgan fingerprint density at radius 2 is 2.00 bits per heavy atom. The molecule has 11 nitrogen and oxygen atoms in total. The smallest absolute Gasteiger partial charge is 0.408 e. The third kappa shape index (κ3) is 6.19. The summed E-state index contributed by atoms with van der Waals surface area (Å²) in [5, 5.41) is 17.3. The van der Waals surface area contributed by atoms with Gasteiger partial charge in [-0.15, -0.1) is 10.2 Å². The molecule has 0 aliphatic carbocycles. The van der Waals surface area contributed by atoms with Crippen LogP contribution in [0.25, 0.3) is 15.7 Å². The van der Waals surface area contributed by atoms with Crippen molar-refractivity contribution in [2.75, 3.05) is 18.8 Å². The van der Waals surface area contributed by atoms with Crippen LogP contribution in [0.1, 0.15) is 51.6 Å². The lowest BCUT2D eigenvalue weighted by molar-refractivity contribution is -0.131. The molecule has 3 N–H and O–H groups in total. The fourth-order valence-electron chi connectivity index (χ4n) is 3.94. The van der Waals surface area contributed by atoms with E-state index in [0.29, 0.717) is 36.1 Å². The van der Waals surface area contributed by atoms with Crippen LogP contribution in [0.5, 0.6) is 5.75 Å². The molecule has 2 aromatic heterocycles. The zero-order chi connectivity index (χ0) is 26.9. The van der Waals surface area contributed by atoms with E-state index in [1.807, 2.05) is 39.0 Å². The van der Waals surface area contributed by atoms with Crippen molar-refractivity contribution in [2.24, 2.45) is 0 Å². The van der Waals surface area contributed by atoms with Crippen molar-refractivity contribution in [3.8, 4) is 21.5 Å². The van der Waals surface area contributed by atoms with E-state index in [9.17, 15) is 9.59 Å². The van der Waals surface area contributed by atoms with E-state index in [0.717, 1.165) is 27.5 Å². The predicted molar refractivity (Wildman–Crippen MR) is 141 cm³/mol. The number of nitrogens with zero attached hydrogens (tertiary/aromatic N) is 5. The van der Waals surface area contributed by atoms with Crippen molar-refractivity contribution < 1.29 is 19.1 Å². The minimum atomic E-state index is -0.623. The van der Waals surface area contributed by atoms with Gasteiger partial charge in [-0.1, -0.05) is 11.3 Å². The van der Waals surface area contributed by atoms with E-state index < -0.39 is 11.7 Å². The summed E-state index contributed by atoms with van der Waals surface area (Å²) in [6.45, 7) is 12.0. The average molecular weight is 528 g/mol. The molecular formula is C25H33N7O4S. The Labute approximate surface area is 220 Å². The van der Waals surface area contributed by atoms with Crippen molar-refractivity contribution in [3.05, 3.63) is 35.2 Å². The maximum absolute atomic E-state index is 12.7. The number of fused-ring (bicyclic) bond motifs is 1. The molecule has 0 radical (unpaired) electrons. The Balaban J connectivity index is 1.45. The minimum Gasteiger partial charge on any atom is -0.489 e. The van der Waals surface area contributed by atoms with E-state index >= 15 is 0 Å². The van der Waals surface area contributed by atoms with Gasteiger partial charge in [0.25, 0.3) is 0 Å². The molecule has 0 fully saturated rings. The number of nitrogens with two attached hydrogens (primary N) is 1. The van der Waals surface area contributed by atoms with Gasteiger partial charge < -0.3 is 25.4 Å². The molecule has 0 atom stereocenters. The molecule has 1 aliphatic heterocycles. The van der Waals surface area contributed by atoms with Crippen LogP contribution in [0.15, 0.2) is 18.2 Å². The Hall–Kier alpha value is -3.67. The molecule has 0 saturated carbocycles. The highest BCUT2D eigenvalue weighted by molar-refractivity contribution is 7.17. The molecule has 2 amide bonds. The number of carbonyl (C=O) groups excluding carboxylic acids is 2. The normalized spacial score (nSPS) is 13.4. The van der Waals surface area contributed by atoms with Crippen molar-refractivity contribution in [2.45, 2.75) is 66.2 Å². The van der Waals surface area contributed by atoms with E-state index in [4.69, 9.17) is 20.3 Å². The number of carbonyl (C=O) groups is 2. The van der Waals surface area contributed by atoms with Gasteiger partial charge in [-0.25, -0.2) is 9.48 Å². The van der Waals surface area contributed by atoms with Gasteiger partial charge in [-0.05, 0) is 59.7 Å². The maximum Gasteiger partial charge on any atom is 0.408 e. The number of aromatic nitrogens is 4. The van der Waals surface area contributed by atoms with E-state index in [1.165, 1.54) is 11.3 Å². The van der Waals surface area contributed by atoms with Gasteiger partial charge in [-0.3, -0.25) is 4.79 Å². The molecule has 0 bridgehead atoms. The van der Waals surface area contributed by atoms with Crippen LogP contribution in [-0.4, -0.2) is 61.7 Å². The zero-order valence-electron chi connectivity index (χ0n) is 22.0. The third-order valence-electron chi connectivity index (χ3n) is 5.64. The number of hydrogen-bond donors (Lipinski definition) is 2. The lowest BCUT2D eigenvalue weighted by Crippen LogP contribution is -2.43. The summed E-state index contributed by atoms with van der Waals surface area (Å²) in [5.41, 5.74) is 9.74. The third-order valence-corrected chi connectivity index (χ3v) is 6.59. The first-order chi connectivity index (χ1) is 17.4. The lowest BCUT2D eigenvalue weighted by atomic mass is 10.1. The number of hydrogen-bond acceptors (Lipinski definition) is 9. The summed E-state index contributed by atoms with van der Waals surface area (Å²) in [6.07, 6.45) is 0.0296. The number of anilines is 1. The largest absolute Gasteiger partial charge is 0.489 e. The molecule has 0 spiro atoms. The lowest BCUT2D eigenvalue weighted by Gasteiger charge is -2.27. The molecule has 4 rings (SSSR count). The number of rotatable bonds is 6. The average Bonchev–Trinajstić information content (AvgIpc) is 3.42. The molecule has 3 aromatic rings. The molecule has 37 heavy (non-hydrogen) atoms. The Kier molecular flexibility index (Phi) is 7.39. The summed E-state index contributed by atoms with van der Waals surface area (Å²) in [5.74, 6) is 0.462. The molecule has 1 aromatic carbocycles. The predicted octanol–water partition coefficient (Wildman–Crippen LogP) is 3.48. The maximum atomic E-state index is 12.7. The van der Waals surface area contributed by atoms with Crippen LogP contribution in [0.3, 0.4) is 0 Å². The Morgan fingerprint density at radius 1 is 1.24 bits per heavy atom. The zero-order valence-corrected chi connectivity index (χ0v) is 22.8. The van der Waals surface area contributed by atoms with Crippen LogP contribution in [0.4, 0.5) is 10.5 Å². The van der Waals surface area contributed by atoms with Gasteiger partial charge in [0.15, 0.2) is 0 Å².